The molecule has 0 atom stereocenters. The van der Waals surface area contributed by atoms with Gasteiger partial charge in [0.15, 0.2) is 0 Å². The summed E-state index contributed by atoms with van der Waals surface area (Å²) in [5, 5.41) is 2.39. The van der Waals surface area contributed by atoms with Crippen molar-refractivity contribution in [3.8, 4) is 0 Å². The maximum Gasteiger partial charge on any atom is 0.337 e. The first-order valence-electron chi connectivity index (χ1n) is 7.36. The maximum absolute atomic E-state index is 12.8. The second-order valence-electron chi connectivity index (χ2n) is 5.04. The third kappa shape index (κ3) is 5.42. The lowest BCUT2D eigenvalue weighted by atomic mass is 10.1. The molecule has 0 fully saturated rings. The molecule has 0 heterocycles. The van der Waals surface area contributed by atoms with Crippen LogP contribution in [0.5, 0.6) is 0 Å². The Morgan fingerprint density at radius 3 is 2.16 bits per heavy atom. The van der Waals surface area contributed by atoms with Crippen molar-refractivity contribution in [1.29, 1.82) is 0 Å². The molecule has 130 valence electrons. The highest BCUT2D eigenvalue weighted by Crippen LogP contribution is 2.07. The Bertz CT molecular complexity index is 756. The summed E-state index contributed by atoms with van der Waals surface area (Å²) >= 11 is 0. The molecule has 0 aromatic heterocycles. The van der Waals surface area contributed by atoms with Crippen molar-refractivity contribution in [2.75, 3.05) is 13.7 Å². The number of nitrogens with one attached hydrogen (secondary N) is 1. The fourth-order valence-electron chi connectivity index (χ4n) is 1.93. The third-order valence-corrected chi connectivity index (χ3v) is 3.27. The highest BCUT2D eigenvalue weighted by Gasteiger charge is 2.10. The monoisotopic (exact) mass is 345 g/mol. The van der Waals surface area contributed by atoms with Crippen LogP contribution in [0.3, 0.4) is 0 Å². The van der Waals surface area contributed by atoms with Gasteiger partial charge in [0.1, 0.15) is 19.0 Å². The zero-order valence-corrected chi connectivity index (χ0v) is 13.5. The lowest BCUT2D eigenvalue weighted by Crippen LogP contribution is -2.30. The highest BCUT2D eigenvalue weighted by atomic mass is 19.1. The number of carbonyl (C=O) groups excluding carboxylic acids is 3. The largest absolute Gasteiger partial charge is 0.465 e. The number of amides is 1. The highest BCUT2D eigenvalue weighted by molar-refractivity contribution is 5.95. The van der Waals surface area contributed by atoms with Gasteiger partial charge in [0, 0.05) is 5.56 Å². The normalized spacial score (nSPS) is 10.0. The van der Waals surface area contributed by atoms with E-state index in [0.717, 1.165) is 12.1 Å². The summed E-state index contributed by atoms with van der Waals surface area (Å²) in [6, 6.07) is 11.3. The number of esters is 2. The van der Waals surface area contributed by atoms with Crippen LogP contribution < -0.4 is 5.32 Å². The van der Waals surface area contributed by atoms with Crippen LogP contribution >= 0.6 is 0 Å². The molecule has 0 radical (unpaired) electrons. The molecule has 7 heteroatoms. The Kier molecular flexibility index (Phi) is 6.22. The molecule has 0 bridgehead atoms. The Balaban J connectivity index is 1.77. The molecule has 0 saturated carbocycles. The molecule has 1 N–H and O–H groups in total. The number of halogens is 1. The summed E-state index contributed by atoms with van der Waals surface area (Å²) in [7, 11) is 1.29. The molecule has 6 nitrogen and oxygen atoms in total. The van der Waals surface area contributed by atoms with Crippen molar-refractivity contribution in [2.45, 2.75) is 6.61 Å². The predicted molar refractivity (Wildman–Crippen MR) is 86.3 cm³/mol. The van der Waals surface area contributed by atoms with E-state index in [1.54, 1.807) is 24.3 Å². The molecule has 1 amide bonds. The van der Waals surface area contributed by atoms with Crippen LogP contribution in [0.25, 0.3) is 0 Å². The van der Waals surface area contributed by atoms with E-state index in [-0.39, 0.29) is 18.7 Å². The van der Waals surface area contributed by atoms with Gasteiger partial charge in [0.25, 0.3) is 5.91 Å². The number of rotatable bonds is 6. The van der Waals surface area contributed by atoms with Crippen LogP contribution in [0.4, 0.5) is 4.39 Å². The SMILES string of the molecule is COC(=O)c1ccc(COC(=O)CNC(=O)c2ccc(F)cc2)cc1. The second kappa shape index (κ2) is 8.58. The van der Waals surface area contributed by atoms with E-state index in [2.05, 4.69) is 10.1 Å². The fourth-order valence-corrected chi connectivity index (χ4v) is 1.93. The van der Waals surface area contributed by atoms with Gasteiger partial charge in [-0.05, 0) is 42.0 Å². The molecule has 0 aliphatic heterocycles. The van der Waals surface area contributed by atoms with Gasteiger partial charge in [0.2, 0.25) is 0 Å². The fraction of sp³-hybridized carbons (Fsp3) is 0.167. The van der Waals surface area contributed by atoms with Gasteiger partial charge in [-0.15, -0.1) is 0 Å². The van der Waals surface area contributed by atoms with Crippen LogP contribution in [-0.4, -0.2) is 31.5 Å². The van der Waals surface area contributed by atoms with E-state index in [9.17, 15) is 18.8 Å². The predicted octanol–water partition coefficient (Wildman–Crippen LogP) is 2.09. The van der Waals surface area contributed by atoms with E-state index in [4.69, 9.17) is 4.74 Å². The zero-order chi connectivity index (χ0) is 18.2. The lowest BCUT2D eigenvalue weighted by molar-refractivity contribution is -0.143. The molecule has 2 aromatic rings. The molecule has 2 rings (SSSR count). The summed E-state index contributed by atoms with van der Waals surface area (Å²) in [4.78, 5) is 34.7. The molecule has 0 aliphatic rings. The quantitative estimate of drug-likeness (QED) is 0.811. The van der Waals surface area contributed by atoms with Crippen molar-refractivity contribution in [1.82, 2.24) is 5.32 Å². The topological polar surface area (TPSA) is 81.7 Å². The van der Waals surface area contributed by atoms with Crippen LogP contribution in [0.1, 0.15) is 26.3 Å². The number of methoxy groups -OCH3 is 1. The minimum Gasteiger partial charge on any atom is -0.465 e. The minimum absolute atomic E-state index is 0.00665. The van der Waals surface area contributed by atoms with E-state index < -0.39 is 23.7 Å². The van der Waals surface area contributed by atoms with Gasteiger partial charge in [0.05, 0.1) is 12.7 Å². The molecule has 2 aromatic carbocycles. The van der Waals surface area contributed by atoms with Crippen molar-refractivity contribution >= 4 is 17.8 Å². The van der Waals surface area contributed by atoms with Crippen molar-refractivity contribution in [3.63, 3.8) is 0 Å². The molecule has 0 spiro atoms. The van der Waals surface area contributed by atoms with Gasteiger partial charge in [-0.25, -0.2) is 9.18 Å². The standard InChI is InChI=1S/C18H16FNO5/c1-24-18(23)14-4-2-12(3-5-14)11-25-16(21)10-20-17(22)13-6-8-15(19)9-7-13/h2-9H,10-11H2,1H3,(H,20,22). The van der Waals surface area contributed by atoms with E-state index in [1.165, 1.54) is 19.2 Å². The van der Waals surface area contributed by atoms with Gasteiger partial charge < -0.3 is 14.8 Å². The minimum atomic E-state index is -0.618. The smallest absolute Gasteiger partial charge is 0.337 e. The number of carbonyl (C=O) groups is 3. The van der Waals surface area contributed by atoms with E-state index >= 15 is 0 Å². The first-order chi connectivity index (χ1) is 12.0. The van der Waals surface area contributed by atoms with E-state index in [1.807, 2.05) is 0 Å². The molecule has 0 saturated heterocycles. The Morgan fingerprint density at radius 1 is 0.960 bits per heavy atom. The second-order valence-corrected chi connectivity index (χ2v) is 5.04. The molecule has 25 heavy (non-hydrogen) atoms. The van der Waals surface area contributed by atoms with Gasteiger partial charge >= 0.3 is 11.9 Å². The van der Waals surface area contributed by atoms with E-state index in [0.29, 0.717) is 11.1 Å². The first-order valence-corrected chi connectivity index (χ1v) is 7.36. The van der Waals surface area contributed by atoms with Crippen LogP contribution in [-0.2, 0) is 20.9 Å². The summed E-state index contributed by atoms with van der Waals surface area (Å²) < 4.78 is 22.4. The van der Waals surface area contributed by atoms with Gasteiger partial charge in [-0.3, -0.25) is 9.59 Å². The molecule has 0 unspecified atom stereocenters. The number of benzene rings is 2. The zero-order valence-electron chi connectivity index (χ0n) is 13.5. The maximum atomic E-state index is 12.8. The summed E-state index contributed by atoms with van der Waals surface area (Å²) in [5.41, 5.74) is 1.32. The lowest BCUT2D eigenvalue weighted by Gasteiger charge is -2.07. The van der Waals surface area contributed by atoms with Gasteiger partial charge in [-0.1, -0.05) is 12.1 Å². The van der Waals surface area contributed by atoms with Crippen molar-refractivity contribution in [3.05, 3.63) is 71.0 Å². The third-order valence-electron chi connectivity index (χ3n) is 3.27. The summed E-state index contributed by atoms with van der Waals surface area (Å²) in [6.45, 7) is -0.302. The average molecular weight is 345 g/mol. The molecular formula is C18H16FNO5. The number of hydrogen-bond acceptors (Lipinski definition) is 5. The Morgan fingerprint density at radius 2 is 1.56 bits per heavy atom. The average Bonchev–Trinajstić information content (AvgIpc) is 2.64. The number of hydrogen-bond donors (Lipinski definition) is 1. The van der Waals surface area contributed by atoms with Crippen LogP contribution in [0.2, 0.25) is 0 Å². The summed E-state index contributed by atoms with van der Waals surface area (Å²) in [5.74, 6) is -2.02. The van der Waals surface area contributed by atoms with Crippen LogP contribution in [0, 0.1) is 5.82 Å². The number of ether oxygens (including phenoxy) is 2. The van der Waals surface area contributed by atoms with Crippen LogP contribution in [0.15, 0.2) is 48.5 Å². The van der Waals surface area contributed by atoms with Crippen molar-refractivity contribution < 1.29 is 28.2 Å². The molecular weight excluding hydrogens is 329 g/mol. The summed E-state index contributed by atoms with van der Waals surface area (Å²) in [6.07, 6.45) is 0. The van der Waals surface area contributed by atoms with Gasteiger partial charge in [-0.2, -0.15) is 0 Å². The Hall–Kier alpha value is -3.22. The first kappa shape index (κ1) is 18.1. The van der Waals surface area contributed by atoms with Crippen molar-refractivity contribution in [2.24, 2.45) is 0 Å². The molecule has 0 aliphatic carbocycles. The Labute approximate surface area is 143 Å².